The highest BCUT2D eigenvalue weighted by Crippen LogP contribution is 2.09. The minimum Gasteiger partial charge on any atom is -0.389 e. The van der Waals surface area contributed by atoms with Crippen molar-refractivity contribution in [2.75, 3.05) is 13.6 Å². The number of nitrogens with two attached hydrogens (primary N) is 1. The molecule has 17 heavy (non-hydrogen) atoms. The summed E-state index contributed by atoms with van der Waals surface area (Å²) in [7, 11) is 1.99. The maximum Gasteiger partial charge on any atom is 0.103 e. The van der Waals surface area contributed by atoms with E-state index in [1.165, 1.54) is 5.56 Å². The van der Waals surface area contributed by atoms with Gasteiger partial charge in [-0.1, -0.05) is 36.5 Å². The van der Waals surface area contributed by atoms with Crippen molar-refractivity contribution in [2.45, 2.75) is 26.0 Å². The van der Waals surface area contributed by atoms with Crippen molar-refractivity contribution < 1.29 is 5.11 Å². The molecular formula is C13H20N2OS. The topological polar surface area (TPSA) is 49.5 Å². The van der Waals surface area contributed by atoms with Crippen LogP contribution in [0.5, 0.6) is 0 Å². The van der Waals surface area contributed by atoms with Gasteiger partial charge in [-0.2, -0.15) is 0 Å². The van der Waals surface area contributed by atoms with Gasteiger partial charge < -0.3 is 10.8 Å². The van der Waals surface area contributed by atoms with Gasteiger partial charge in [0.15, 0.2) is 0 Å². The third-order valence-corrected chi connectivity index (χ3v) is 2.58. The van der Waals surface area contributed by atoms with E-state index in [0.717, 1.165) is 12.1 Å². The first-order valence-electron chi connectivity index (χ1n) is 5.57. The molecule has 0 radical (unpaired) electrons. The summed E-state index contributed by atoms with van der Waals surface area (Å²) in [6.45, 7) is 5.03. The lowest BCUT2D eigenvalue weighted by atomic mass is 10.1. The zero-order valence-corrected chi connectivity index (χ0v) is 11.4. The van der Waals surface area contributed by atoms with Gasteiger partial charge >= 0.3 is 0 Å². The lowest BCUT2D eigenvalue weighted by molar-refractivity contribution is 0.0425. The highest BCUT2D eigenvalue weighted by Gasteiger charge is 2.15. The lowest BCUT2D eigenvalue weighted by Gasteiger charge is -2.25. The summed E-state index contributed by atoms with van der Waals surface area (Å²) in [4.78, 5) is 2.50. The maximum atomic E-state index is 9.71. The highest BCUT2D eigenvalue weighted by molar-refractivity contribution is 7.80. The van der Waals surface area contributed by atoms with Gasteiger partial charge in [0.05, 0.1) is 5.60 Å². The Bertz CT molecular complexity index is 381. The predicted molar refractivity (Wildman–Crippen MR) is 75.0 cm³/mol. The Morgan fingerprint density at radius 3 is 2.29 bits per heavy atom. The van der Waals surface area contributed by atoms with E-state index in [4.69, 9.17) is 18.0 Å². The lowest BCUT2D eigenvalue weighted by Crippen LogP contribution is -2.35. The summed E-state index contributed by atoms with van der Waals surface area (Å²) < 4.78 is 0. The molecule has 0 aliphatic rings. The molecule has 3 nitrogen and oxygen atoms in total. The third kappa shape index (κ3) is 5.26. The summed E-state index contributed by atoms with van der Waals surface area (Å²) in [5.74, 6) is 0. The maximum absolute atomic E-state index is 9.71. The number of hydrogen-bond acceptors (Lipinski definition) is 3. The first kappa shape index (κ1) is 14.1. The molecule has 0 bridgehead atoms. The van der Waals surface area contributed by atoms with Crippen LogP contribution >= 0.6 is 12.2 Å². The fourth-order valence-electron chi connectivity index (χ4n) is 1.80. The van der Waals surface area contributed by atoms with Crippen LogP contribution < -0.4 is 5.73 Å². The second-order valence-corrected chi connectivity index (χ2v) is 5.49. The van der Waals surface area contributed by atoms with Crippen molar-refractivity contribution >= 4 is 17.2 Å². The number of benzene rings is 1. The van der Waals surface area contributed by atoms with Crippen LogP contribution in [0.1, 0.15) is 25.0 Å². The Morgan fingerprint density at radius 1 is 1.35 bits per heavy atom. The van der Waals surface area contributed by atoms with E-state index in [2.05, 4.69) is 4.90 Å². The molecule has 3 N–H and O–H groups in total. The van der Waals surface area contributed by atoms with Crippen molar-refractivity contribution in [2.24, 2.45) is 5.73 Å². The summed E-state index contributed by atoms with van der Waals surface area (Å²) in [6, 6.07) is 7.87. The molecule has 0 fully saturated rings. The zero-order valence-electron chi connectivity index (χ0n) is 10.6. The highest BCUT2D eigenvalue weighted by atomic mass is 32.1. The molecule has 0 spiro atoms. The van der Waals surface area contributed by atoms with Gasteiger partial charge in [-0.3, -0.25) is 4.90 Å². The Morgan fingerprint density at radius 2 is 1.88 bits per heavy atom. The van der Waals surface area contributed by atoms with E-state index < -0.39 is 5.60 Å². The SMILES string of the molecule is CN(Cc1ccc(C(N)=S)cc1)CC(C)(C)O. The Kier molecular flexibility index (Phi) is 4.62. The number of nitrogens with zero attached hydrogens (tertiary/aromatic N) is 1. The third-order valence-electron chi connectivity index (χ3n) is 2.35. The van der Waals surface area contributed by atoms with E-state index >= 15 is 0 Å². The van der Waals surface area contributed by atoms with Crippen LogP contribution in [0.3, 0.4) is 0 Å². The van der Waals surface area contributed by atoms with E-state index in [-0.39, 0.29) is 0 Å². The van der Waals surface area contributed by atoms with E-state index in [0.29, 0.717) is 11.5 Å². The van der Waals surface area contributed by atoms with E-state index in [1.807, 2.05) is 31.3 Å². The van der Waals surface area contributed by atoms with E-state index in [1.54, 1.807) is 13.8 Å². The molecule has 0 saturated carbocycles. The monoisotopic (exact) mass is 252 g/mol. The minimum absolute atomic E-state index is 0.418. The molecule has 0 atom stereocenters. The second kappa shape index (κ2) is 5.58. The summed E-state index contributed by atoms with van der Waals surface area (Å²) >= 11 is 4.90. The molecule has 4 heteroatoms. The molecule has 1 aromatic carbocycles. The average molecular weight is 252 g/mol. The van der Waals surface area contributed by atoms with E-state index in [9.17, 15) is 5.11 Å². The average Bonchev–Trinajstić information content (AvgIpc) is 2.15. The van der Waals surface area contributed by atoms with Gasteiger partial charge in [-0.25, -0.2) is 0 Å². The molecule has 0 aliphatic carbocycles. The van der Waals surface area contributed by atoms with Crippen LogP contribution in [-0.2, 0) is 6.54 Å². The van der Waals surface area contributed by atoms with Gasteiger partial charge in [0.25, 0.3) is 0 Å². The first-order valence-corrected chi connectivity index (χ1v) is 5.98. The molecule has 0 heterocycles. The van der Waals surface area contributed by atoms with Gasteiger partial charge in [0.1, 0.15) is 4.99 Å². The van der Waals surface area contributed by atoms with Crippen molar-refractivity contribution in [3.63, 3.8) is 0 Å². The van der Waals surface area contributed by atoms with Crippen molar-refractivity contribution in [3.8, 4) is 0 Å². The number of hydrogen-bond donors (Lipinski definition) is 2. The fourth-order valence-corrected chi connectivity index (χ4v) is 1.94. The van der Waals surface area contributed by atoms with Crippen LogP contribution in [0, 0.1) is 0 Å². The quantitative estimate of drug-likeness (QED) is 0.780. The number of rotatable bonds is 5. The van der Waals surface area contributed by atoms with Gasteiger partial charge in [-0.15, -0.1) is 0 Å². The standard InChI is InChI=1S/C13H20N2OS/c1-13(2,16)9-15(3)8-10-4-6-11(7-5-10)12(14)17/h4-7,16H,8-9H2,1-3H3,(H2,14,17). The van der Waals surface area contributed by atoms with Gasteiger partial charge in [0, 0.05) is 18.7 Å². The molecule has 0 unspecified atom stereocenters. The largest absolute Gasteiger partial charge is 0.389 e. The normalized spacial score (nSPS) is 11.8. The van der Waals surface area contributed by atoms with Crippen LogP contribution in [0.4, 0.5) is 0 Å². The van der Waals surface area contributed by atoms with Crippen molar-refractivity contribution in [1.29, 1.82) is 0 Å². The van der Waals surface area contributed by atoms with Crippen molar-refractivity contribution in [3.05, 3.63) is 35.4 Å². The molecule has 0 amide bonds. The summed E-state index contributed by atoms with van der Waals surface area (Å²) in [6.07, 6.45) is 0. The van der Waals surface area contributed by atoms with Crippen LogP contribution in [-0.4, -0.2) is 34.2 Å². The molecule has 1 rings (SSSR count). The molecule has 0 aromatic heterocycles. The predicted octanol–water partition coefficient (Wildman–Crippen LogP) is 1.52. The molecule has 0 saturated heterocycles. The summed E-state index contributed by atoms with van der Waals surface area (Å²) in [5, 5.41) is 9.71. The second-order valence-electron chi connectivity index (χ2n) is 5.05. The smallest absolute Gasteiger partial charge is 0.103 e. The van der Waals surface area contributed by atoms with Crippen LogP contribution in [0.15, 0.2) is 24.3 Å². The Balaban J connectivity index is 2.60. The number of likely N-dealkylation sites (N-methyl/N-ethyl adjacent to an activating group) is 1. The minimum atomic E-state index is -0.673. The Hall–Kier alpha value is -0.970. The van der Waals surface area contributed by atoms with Crippen molar-refractivity contribution in [1.82, 2.24) is 4.90 Å². The number of thiocarbonyl (C=S) groups is 1. The fraction of sp³-hybridized carbons (Fsp3) is 0.462. The molecular weight excluding hydrogens is 232 g/mol. The molecule has 0 aliphatic heterocycles. The Labute approximate surface area is 108 Å². The van der Waals surface area contributed by atoms with Crippen LogP contribution in [0.2, 0.25) is 0 Å². The zero-order chi connectivity index (χ0) is 13.1. The number of aliphatic hydroxyl groups is 1. The van der Waals surface area contributed by atoms with Gasteiger partial charge in [0.2, 0.25) is 0 Å². The molecule has 1 aromatic rings. The van der Waals surface area contributed by atoms with Gasteiger partial charge in [-0.05, 0) is 26.5 Å². The molecule has 94 valence electrons. The van der Waals surface area contributed by atoms with Crippen LogP contribution in [0.25, 0.3) is 0 Å². The first-order chi connectivity index (χ1) is 7.78. The summed E-state index contributed by atoms with van der Waals surface area (Å²) in [5.41, 5.74) is 6.92.